The summed E-state index contributed by atoms with van der Waals surface area (Å²) in [5.74, 6) is 1.52. The van der Waals surface area contributed by atoms with Crippen LogP contribution in [0.25, 0.3) is 22.3 Å². The quantitative estimate of drug-likeness (QED) is 0.708. The number of amides is 1. The molecule has 1 unspecified atom stereocenters. The van der Waals surface area contributed by atoms with Gasteiger partial charge in [0.05, 0.1) is 22.8 Å². The topological polar surface area (TPSA) is 85.0 Å². The van der Waals surface area contributed by atoms with Crippen LogP contribution in [0.15, 0.2) is 22.7 Å². The van der Waals surface area contributed by atoms with Gasteiger partial charge in [-0.15, -0.1) is 0 Å². The van der Waals surface area contributed by atoms with Crippen molar-refractivity contribution in [2.24, 2.45) is 0 Å². The molecule has 0 saturated carbocycles. The fraction of sp³-hybridized carbons (Fsp3) is 0.476. The highest BCUT2D eigenvalue weighted by Crippen LogP contribution is 2.30. The predicted molar refractivity (Wildman–Crippen MR) is 108 cm³/mol. The van der Waals surface area contributed by atoms with E-state index in [4.69, 9.17) is 9.40 Å². The molecule has 4 rings (SSSR count). The van der Waals surface area contributed by atoms with Gasteiger partial charge in [-0.25, -0.2) is 9.67 Å². The maximum Gasteiger partial charge on any atom is 0.252 e. The molecule has 3 aromatic heterocycles. The number of carbonyl (C=O) groups excluding carboxylic acids is 1. The zero-order valence-electron chi connectivity index (χ0n) is 16.9. The number of rotatable bonds is 5. The second-order valence-corrected chi connectivity index (χ2v) is 7.81. The second kappa shape index (κ2) is 7.39. The Bertz CT molecular complexity index is 1010. The molecule has 1 amide bonds. The van der Waals surface area contributed by atoms with E-state index in [9.17, 15) is 4.79 Å². The number of nitrogens with zero attached hydrogens (tertiary/aromatic N) is 3. The van der Waals surface area contributed by atoms with Crippen molar-refractivity contribution in [3.63, 3.8) is 0 Å². The number of hydrogen-bond acceptors (Lipinski definition) is 5. The molecule has 1 atom stereocenters. The van der Waals surface area contributed by atoms with E-state index in [0.29, 0.717) is 18.2 Å². The number of hydrogen-bond donors (Lipinski definition) is 2. The lowest BCUT2D eigenvalue weighted by atomic mass is 10.1. The van der Waals surface area contributed by atoms with Crippen LogP contribution in [0, 0.1) is 13.8 Å². The zero-order chi connectivity index (χ0) is 19.8. The second-order valence-electron chi connectivity index (χ2n) is 7.81. The maximum absolute atomic E-state index is 13.0. The molecule has 0 radical (unpaired) electrons. The Balaban J connectivity index is 1.77. The normalized spacial score (nSPS) is 17.0. The predicted octanol–water partition coefficient (Wildman–Crippen LogP) is 3.37. The lowest BCUT2D eigenvalue weighted by Crippen LogP contribution is -2.37. The van der Waals surface area contributed by atoms with Crippen LogP contribution in [0.5, 0.6) is 0 Å². The molecule has 0 aliphatic carbocycles. The molecule has 2 N–H and O–H groups in total. The summed E-state index contributed by atoms with van der Waals surface area (Å²) < 4.78 is 7.54. The van der Waals surface area contributed by atoms with Crippen molar-refractivity contribution in [2.45, 2.75) is 52.6 Å². The zero-order valence-corrected chi connectivity index (χ0v) is 16.9. The highest BCUT2D eigenvalue weighted by atomic mass is 16.3. The summed E-state index contributed by atoms with van der Waals surface area (Å²) in [7, 11) is 0. The average Bonchev–Trinajstić information content (AvgIpc) is 3.38. The number of fused-ring (bicyclic) bond motifs is 1. The molecule has 1 aliphatic rings. The van der Waals surface area contributed by atoms with Gasteiger partial charge in [0.15, 0.2) is 5.65 Å². The van der Waals surface area contributed by atoms with Crippen LogP contribution in [0.2, 0.25) is 0 Å². The third-order valence-electron chi connectivity index (χ3n) is 5.29. The van der Waals surface area contributed by atoms with Crippen LogP contribution in [-0.2, 0) is 0 Å². The molecule has 0 bridgehead atoms. The fourth-order valence-corrected chi connectivity index (χ4v) is 3.85. The first-order chi connectivity index (χ1) is 13.4. The summed E-state index contributed by atoms with van der Waals surface area (Å²) in [6, 6.07) is 4.30. The molecule has 28 heavy (non-hydrogen) atoms. The van der Waals surface area contributed by atoms with E-state index in [-0.39, 0.29) is 11.9 Å². The lowest BCUT2D eigenvalue weighted by molar-refractivity contribution is 0.0952. The van der Waals surface area contributed by atoms with E-state index in [0.717, 1.165) is 53.2 Å². The molecule has 1 fully saturated rings. The molecule has 1 saturated heterocycles. The first-order valence-corrected chi connectivity index (χ1v) is 9.91. The monoisotopic (exact) mass is 381 g/mol. The van der Waals surface area contributed by atoms with Gasteiger partial charge in [-0.2, -0.15) is 5.10 Å². The highest BCUT2D eigenvalue weighted by Gasteiger charge is 2.21. The minimum absolute atomic E-state index is 0.0940. The minimum Gasteiger partial charge on any atom is -0.466 e. The van der Waals surface area contributed by atoms with Gasteiger partial charge in [-0.1, -0.05) is 0 Å². The lowest BCUT2D eigenvalue weighted by Gasteiger charge is -2.13. The Labute approximate surface area is 164 Å². The number of nitrogens with one attached hydrogen (secondary N) is 2. The number of carbonyl (C=O) groups is 1. The van der Waals surface area contributed by atoms with Crippen molar-refractivity contribution in [1.82, 2.24) is 25.4 Å². The third kappa shape index (κ3) is 3.42. The van der Waals surface area contributed by atoms with Crippen LogP contribution in [0.3, 0.4) is 0 Å². The Hall–Kier alpha value is -2.67. The van der Waals surface area contributed by atoms with Crippen molar-refractivity contribution < 1.29 is 9.21 Å². The Morgan fingerprint density at radius 3 is 2.86 bits per heavy atom. The average molecular weight is 381 g/mol. The number of furan rings is 1. The van der Waals surface area contributed by atoms with Crippen molar-refractivity contribution in [3.8, 4) is 11.3 Å². The Kier molecular flexibility index (Phi) is 4.93. The smallest absolute Gasteiger partial charge is 0.252 e. The fourth-order valence-electron chi connectivity index (χ4n) is 3.85. The Morgan fingerprint density at radius 2 is 2.21 bits per heavy atom. The van der Waals surface area contributed by atoms with Gasteiger partial charge in [0.1, 0.15) is 11.5 Å². The standard InChI is InChI=1S/C21H27N5O2/c1-12(2)26-20-18(11-24-26)17(21(27)23-10-15-6-5-7-22-15)9-19(25-20)16-8-13(3)28-14(16)4/h8-9,11-12,15,22H,5-7,10H2,1-4H3,(H,23,27). The number of aromatic nitrogens is 3. The minimum atomic E-state index is -0.0940. The van der Waals surface area contributed by atoms with Gasteiger partial charge in [0.2, 0.25) is 0 Å². The summed E-state index contributed by atoms with van der Waals surface area (Å²) in [5.41, 5.74) is 2.95. The molecule has 1 aliphatic heterocycles. The van der Waals surface area contributed by atoms with Gasteiger partial charge in [0.25, 0.3) is 5.91 Å². The molecule has 4 heterocycles. The van der Waals surface area contributed by atoms with E-state index in [2.05, 4.69) is 29.6 Å². The van der Waals surface area contributed by atoms with E-state index >= 15 is 0 Å². The van der Waals surface area contributed by atoms with Gasteiger partial charge >= 0.3 is 0 Å². The number of aryl methyl sites for hydroxylation is 2. The summed E-state index contributed by atoms with van der Waals surface area (Å²) in [5, 5.41) is 11.7. The van der Waals surface area contributed by atoms with Crippen molar-refractivity contribution in [2.75, 3.05) is 13.1 Å². The highest BCUT2D eigenvalue weighted by molar-refractivity contribution is 6.06. The van der Waals surface area contributed by atoms with E-state index in [1.54, 1.807) is 6.20 Å². The number of pyridine rings is 1. The Morgan fingerprint density at radius 1 is 1.39 bits per heavy atom. The maximum atomic E-state index is 13.0. The molecule has 0 spiro atoms. The van der Waals surface area contributed by atoms with Crippen molar-refractivity contribution in [1.29, 1.82) is 0 Å². The molecular formula is C21H27N5O2. The molecule has 7 heteroatoms. The van der Waals surface area contributed by atoms with Gasteiger partial charge < -0.3 is 15.1 Å². The largest absolute Gasteiger partial charge is 0.466 e. The van der Waals surface area contributed by atoms with Crippen LogP contribution < -0.4 is 10.6 Å². The third-order valence-corrected chi connectivity index (χ3v) is 5.29. The van der Waals surface area contributed by atoms with E-state index in [1.165, 1.54) is 0 Å². The van der Waals surface area contributed by atoms with Crippen LogP contribution in [0.1, 0.15) is 54.6 Å². The summed E-state index contributed by atoms with van der Waals surface area (Å²) in [6.45, 7) is 9.58. The summed E-state index contributed by atoms with van der Waals surface area (Å²) >= 11 is 0. The van der Waals surface area contributed by atoms with Gasteiger partial charge in [0, 0.05) is 24.2 Å². The van der Waals surface area contributed by atoms with Crippen LogP contribution in [-0.4, -0.2) is 39.8 Å². The first-order valence-electron chi connectivity index (χ1n) is 9.91. The van der Waals surface area contributed by atoms with Crippen LogP contribution >= 0.6 is 0 Å². The first kappa shape index (κ1) is 18.7. The van der Waals surface area contributed by atoms with E-state index in [1.807, 2.05) is 30.7 Å². The summed E-state index contributed by atoms with van der Waals surface area (Å²) in [4.78, 5) is 17.9. The van der Waals surface area contributed by atoms with Crippen molar-refractivity contribution >= 4 is 16.9 Å². The molecule has 7 nitrogen and oxygen atoms in total. The van der Waals surface area contributed by atoms with Gasteiger partial charge in [-0.3, -0.25) is 4.79 Å². The van der Waals surface area contributed by atoms with Crippen molar-refractivity contribution in [3.05, 3.63) is 35.4 Å². The molecular weight excluding hydrogens is 354 g/mol. The molecule has 3 aromatic rings. The van der Waals surface area contributed by atoms with Gasteiger partial charge in [-0.05, 0) is 59.2 Å². The summed E-state index contributed by atoms with van der Waals surface area (Å²) in [6.07, 6.45) is 3.99. The molecule has 0 aromatic carbocycles. The van der Waals surface area contributed by atoms with E-state index < -0.39 is 0 Å². The van der Waals surface area contributed by atoms with Crippen LogP contribution in [0.4, 0.5) is 0 Å². The SMILES string of the molecule is Cc1cc(-c2cc(C(=O)NCC3CCCN3)c3cnn(C(C)C)c3n2)c(C)o1. The molecule has 148 valence electrons.